The Hall–Kier alpha value is -1.95. The van der Waals surface area contributed by atoms with Crippen molar-refractivity contribution in [3.8, 4) is 11.5 Å². The third-order valence-corrected chi connectivity index (χ3v) is 3.93. The van der Waals surface area contributed by atoms with Gasteiger partial charge in [-0.2, -0.15) is 0 Å². The van der Waals surface area contributed by atoms with Crippen molar-refractivity contribution < 1.29 is 14.6 Å². The molecule has 0 heterocycles. The number of hydrogen-bond donors (Lipinski definition) is 3. The first-order valence-corrected chi connectivity index (χ1v) is 8.11. The molecule has 1 saturated carbocycles. The van der Waals surface area contributed by atoms with Crippen LogP contribution in [0.3, 0.4) is 0 Å². The normalized spacial score (nSPS) is 15.9. The van der Waals surface area contributed by atoms with Gasteiger partial charge in [-0.25, -0.2) is 0 Å². The standard InChI is InChI=1S/C17H27N3O3/c1-3-18-16(20-12-17(13-21)8-9-17)19-10-11-23-15-6-4-14(22-2)5-7-15/h4-7,21H,3,8-13H2,1-2H3,(H2,18,19,20). The predicted molar refractivity (Wildman–Crippen MR) is 91.2 cm³/mol. The van der Waals surface area contributed by atoms with Gasteiger partial charge >= 0.3 is 0 Å². The highest BCUT2D eigenvalue weighted by molar-refractivity contribution is 5.79. The molecule has 0 aliphatic heterocycles. The van der Waals surface area contributed by atoms with Crippen LogP contribution in [0.4, 0.5) is 0 Å². The molecule has 0 bridgehead atoms. The van der Waals surface area contributed by atoms with Gasteiger partial charge in [-0.05, 0) is 44.0 Å². The first-order valence-electron chi connectivity index (χ1n) is 8.11. The van der Waals surface area contributed by atoms with Crippen LogP contribution in [0.15, 0.2) is 29.3 Å². The Kier molecular flexibility index (Phi) is 6.52. The van der Waals surface area contributed by atoms with Gasteiger partial charge in [0.25, 0.3) is 0 Å². The van der Waals surface area contributed by atoms with Crippen LogP contribution in [0, 0.1) is 5.41 Å². The molecule has 1 aliphatic rings. The summed E-state index contributed by atoms with van der Waals surface area (Å²) < 4.78 is 10.8. The van der Waals surface area contributed by atoms with E-state index in [2.05, 4.69) is 15.6 Å². The Balaban J connectivity index is 1.71. The van der Waals surface area contributed by atoms with Crippen molar-refractivity contribution in [2.24, 2.45) is 10.4 Å². The molecule has 128 valence electrons. The number of benzene rings is 1. The lowest BCUT2D eigenvalue weighted by molar-refractivity contribution is 0.216. The fourth-order valence-electron chi connectivity index (χ4n) is 2.14. The summed E-state index contributed by atoms with van der Waals surface area (Å²) in [5, 5.41) is 15.8. The Morgan fingerprint density at radius 2 is 1.91 bits per heavy atom. The first-order chi connectivity index (χ1) is 11.2. The molecule has 0 atom stereocenters. The smallest absolute Gasteiger partial charge is 0.191 e. The second-order valence-electron chi connectivity index (χ2n) is 5.80. The number of ether oxygens (including phenoxy) is 2. The van der Waals surface area contributed by atoms with Gasteiger partial charge in [0.1, 0.15) is 18.1 Å². The second-order valence-corrected chi connectivity index (χ2v) is 5.80. The van der Waals surface area contributed by atoms with E-state index < -0.39 is 0 Å². The van der Waals surface area contributed by atoms with Gasteiger partial charge in [0.2, 0.25) is 0 Å². The van der Waals surface area contributed by atoms with Crippen molar-refractivity contribution in [1.82, 2.24) is 10.6 Å². The molecule has 0 aromatic heterocycles. The topological polar surface area (TPSA) is 75.1 Å². The number of aliphatic imine (C=N–C) groups is 1. The van der Waals surface area contributed by atoms with E-state index in [-0.39, 0.29) is 12.0 Å². The lowest BCUT2D eigenvalue weighted by atomic mass is 10.1. The van der Waals surface area contributed by atoms with Crippen LogP contribution in [-0.4, -0.2) is 51.0 Å². The SMILES string of the molecule is CCNC(=NCC1(CO)CC1)NCCOc1ccc(OC)cc1. The molecule has 6 heteroatoms. The minimum atomic E-state index is 0.0297. The molecule has 0 amide bonds. The van der Waals surface area contributed by atoms with Crippen LogP contribution in [0.2, 0.25) is 0 Å². The van der Waals surface area contributed by atoms with Gasteiger partial charge < -0.3 is 25.2 Å². The molecule has 1 aromatic carbocycles. The van der Waals surface area contributed by atoms with E-state index >= 15 is 0 Å². The van der Waals surface area contributed by atoms with Gasteiger partial charge in [0.15, 0.2) is 5.96 Å². The fraction of sp³-hybridized carbons (Fsp3) is 0.588. The molecule has 0 unspecified atom stereocenters. The van der Waals surface area contributed by atoms with Gasteiger partial charge in [-0.1, -0.05) is 0 Å². The average molecular weight is 321 g/mol. The van der Waals surface area contributed by atoms with Crippen molar-refractivity contribution >= 4 is 5.96 Å². The number of guanidine groups is 1. The van der Waals surface area contributed by atoms with Crippen molar-refractivity contribution in [2.45, 2.75) is 19.8 Å². The number of nitrogens with zero attached hydrogens (tertiary/aromatic N) is 1. The lowest BCUT2D eigenvalue weighted by Crippen LogP contribution is -2.39. The molecular formula is C17H27N3O3. The number of nitrogens with one attached hydrogen (secondary N) is 2. The minimum Gasteiger partial charge on any atom is -0.497 e. The van der Waals surface area contributed by atoms with Crippen LogP contribution in [0.1, 0.15) is 19.8 Å². The van der Waals surface area contributed by atoms with Gasteiger partial charge in [0, 0.05) is 12.0 Å². The van der Waals surface area contributed by atoms with E-state index in [1.165, 1.54) is 0 Å². The number of rotatable bonds is 9. The Bertz CT molecular complexity index is 498. The van der Waals surface area contributed by atoms with E-state index in [0.717, 1.165) is 36.8 Å². The van der Waals surface area contributed by atoms with Crippen LogP contribution in [0.25, 0.3) is 0 Å². The number of aliphatic hydroxyl groups excluding tert-OH is 1. The van der Waals surface area contributed by atoms with Crippen LogP contribution in [0.5, 0.6) is 11.5 Å². The minimum absolute atomic E-state index is 0.0297. The van der Waals surface area contributed by atoms with E-state index in [9.17, 15) is 5.11 Å². The van der Waals surface area contributed by atoms with E-state index in [1.807, 2.05) is 31.2 Å². The third-order valence-electron chi connectivity index (χ3n) is 3.93. The molecule has 0 spiro atoms. The molecule has 1 aliphatic carbocycles. The maximum atomic E-state index is 9.34. The zero-order valence-electron chi connectivity index (χ0n) is 14.0. The predicted octanol–water partition coefficient (Wildman–Crippen LogP) is 1.40. The Labute approximate surface area is 137 Å². The molecule has 23 heavy (non-hydrogen) atoms. The number of methoxy groups -OCH3 is 1. The monoisotopic (exact) mass is 321 g/mol. The maximum absolute atomic E-state index is 9.34. The molecule has 6 nitrogen and oxygen atoms in total. The lowest BCUT2D eigenvalue weighted by Gasteiger charge is -2.14. The summed E-state index contributed by atoms with van der Waals surface area (Å²) in [5.74, 6) is 2.40. The van der Waals surface area contributed by atoms with Crippen LogP contribution in [-0.2, 0) is 0 Å². The maximum Gasteiger partial charge on any atom is 0.191 e. The second kappa shape index (κ2) is 8.62. The van der Waals surface area contributed by atoms with Crippen molar-refractivity contribution in [2.75, 3.05) is 40.0 Å². The summed E-state index contributed by atoms with van der Waals surface area (Å²) in [6.07, 6.45) is 2.12. The van der Waals surface area contributed by atoms with Crippen molar-refractivity contribution in [3.63, 3.8) is 0 Å². The largest absolute Gasteiger partial charge is 0.497 e. The average Bonchev–Trinajstić information content (AvgIpc) is 3.37. The zero-order valence-corrected chi connectivity index (χ0v) is 14.0. The molecule has 2 rings (SSSR count). The van der Waals surface area contributed by atoms with Crippen LogP contribution >= 0.6 is 0 Å². The van der Waals surface area contributed by atoms with Gasteiger partial charge in [-0.15, -0.1) is 0 Å². The van der Waals surface area contributed by atoms with Gasteiger partial charge in [0.05, 0.1) is 26.8 Å². The van der Waals surface area contributed by atoms with Crippen molar-refractivity contribution in [1.29, 1.82) is 0 Å². The zero-order chi connectivity index (χ0) is 16.5. The number of aliphatic hydroxyl groups is 1. The third kappa shape index (κ3) is 5.63. The van der Waals surface area contributed by atoms with E-state index in [1.54, 1.807) is 7.11 Å². The summed E-state index contributed by atoms with van der Waals surface area (Å²) in [5.41, 5.74) is 0.0297. The highest BCUT2D eigenvalue weighted by Crippen LogP contribution is 2.45. The summed E-state index contributed by atoms with van der Waals surface area (Å²) >= 11 is 0. The highest BCUT2D eigenvalue weighted by Gasteiger charge is 2.41. The Morgan fingerprint density at radius 1 is 1.22 bits per heavy atom. The van der Waals surface area contributed by atoms with Crippen molar-refractivity contribution in [3.05, 3.63) is 24.3 Å². The summed E-state index contributed by atoms with van der Waals surface area (Å²) in [6.45, 7) is 4.92. The molecule has 0 saturated heterocycles. The fourth-order valence-corrected chi connectivity index (χ4v) is 2.14. The summed E-state index contributed by atoms with van der Waals surface area (Å²) in [7, 11) is 1.64. The molecular weight excluding hydrogens is 294 g/mol. The summed E-state index contributed by atoms with van der Waals surface area (Å²) in [6, 6.07) is 7.52. The number of hydrogen-bond acceptors (Lipinski definition) is 4. The van der Waals surface area contributed by atoms with Gasteiger partial charge in [-0.3, -0.25) is 4.99 Å². The van der Waals surface area contributed by atoms with E-state index in [4.69, 9.17) is 9.47 Å². The highest BCUT2D eigenvalue weighted by atomic mass is 16.5. The van der Waals surface area contributed by atoms with Crippen LogP contribution < -0.4 is 20.1 Å². The first kappa shape index (κ1) is 17.4. The molecule has 3 N–H and O–H groups in total. The summed E-state index contributed by atoms with van der Waals surface area (Å²) in [4.78, 5) is 4.55. The molecule has 1 fully saturated rings. The molecule has 0 radical (unpaired) electrons. The Morgan fingerprint density at radius 3 is 2.48 bits per heavy atom. The molecule has 1 aromatic rings. The quantitative estimate of drug-likeness (QED) is 0.364. The van der Waals surface area contributed by atoms with E-state index in [0.29, 0.717) is 19.7 Å².